The molecule has 2 aromatic rings. The Labute approximate surface area is 140 Å². The van der Waals surface area contributed by atoms with Gasteiger partial charge < -0.3 is 14.6 Å². The monoisotopic (exact) mass is 331 g/mol. The fourth-order valence-corrected chi connectivity index (χ4v) is 3.18. The molecule has 1 aromatic carbocycles. The Morgan fingerprint density at radius 3 is 2.75 bits per heavy atom. The highest BCUT2D eigenvalue weighted by Gasteiger charge is 2.35. The van der Waals surface area contributed by atoms with E-state index < -0.39 is 12.1 Å². The van der Waals surface area contributed by atoms with Crippen molar-refractivity contribution in [3.8, 4) is 0 Å². The molecule has 0 aliphatic carbocycles. The van der Waals surface area contributed by atoms with Gasteiger partial charge in [-0.1, -0.05) is 19.1 Å². The summed E-state index contributed by atoms with van der Waals surface area (Å²) in [5.74, 6) is 0.259. The van der Waals surface area contributed by atoms with E-state index in [9.17, 15) is 9.18 Å². The summed E-state index contributed by atoms with van der Waals surface area (Å²) in [6, 6.07) is 5.73. The minimum absolute atomic E-state index is 0.0725. The number of carbonyl (C=O) groups excluding carboxylic acids is 1. The first kappa shape index (κ1) is 16.6. The van der Waals surface area contributed by atoms with Crippen molar-refractivity contribution in [3.63, 3.8) is 0 Å². The molecule has 1 N–H and O–H groups in total. The molecular formula is C18H22FN3O2. The Morgan fingerprint density at radius 2 is 2.17 bits per heavy atom. The van der Waals surface area contributed by atoms with Gasteiger partial charge in [-0.05, 0) is 37.0 Å². The molecule has 5 nitrogen and oxygen atoms in total. The minimum atomic E-state index is -0.419. The topological polar surface area (TPSA) is 58.2 Å². The lowest BCUT2D eigenvalue weighted by Gasteiger charge is -2.29. The zero-order valence-electron chi connectivity index (χ0n) is 13.9. The fourth-order valence-electron chi connectivity index (χ4n) is 3.18. The number of benzene rings is 1. The first-order chi connectivity index (χ1) is 11.6. The molecule has 0 radical (unpaired) electrons. The summed E-state index contributed by atoms with van der Waals surface area (Å²) in [7, 11) is 1.74. The van der Waals surface area contributed by atoms with Gasteiger partial charge >= 0.3 is 0 Å². The van der Waals surface area contributed by atoms with Crippen LogP contribution in [0.4, 0.5) is 4.39 Å². The number of H-pyrrole nitrogens is 1. The quantitative estimate of drug-likeness (QED) is 0.916. The summed E-state index contributed by atoms with van der Waals surface area (Å²) < 4.78 is 19.1. The Balaban J connectivity index is 1.85. The average molecular weight is 331 g/mol. The van der Waals surface area contributed by atoms with Crippen molar-refractivity contribution in [2.24, 2.45) is 0 Å². The molecule has 1 aliphatic heterocycles. The van der Waals surface area contributed by atoms with Crippen molar-refractivity contribution in [1.82, 2.24) is 14.9 Å². The van der Waals surface area contributed by atoms with E-state index in [1.54, 1.807) is 36.5 Å². The number of aromatic nitrogens is 2. The van der Waals surface area contributed by atoms with E-state index in [0.29, 0.717) is 5.82 Å². The van der Waals surface area contributed by atoms with Crippen molar-refractivity contribution in [2.45, 2.75) is 44.4 Å². The number of rotatable bonds is 5. The van der Waals surface area contributed by atoms with Crippen molar-refractivity contribution >= 4 is 5.91 Å². The summed E-state index contributed by atoms with van der Waals surface area (Å²) in [6.45, 7) is 2.06. The lowest BCUT2D eigenvalue weighted by molar-refractivity contribution is -0.143. The maximum absolute atomic E-state index is 13.3. The van der Waals surface area contributed by atoms with Crippen LogP contribution in [0.25, 0.3) is 0 Å². The van der Waals surface area contributed by atoms with Crippen LogP contribution in [0.2, 0.25) is 0 Å². The molecular weight excluding hydrogens is 309 g/mol. The predicted molar refractivity (Wildman–Crippen MR) is 87.8 cm³/mol. The number of nitrogens with one attached hydrogen (secondary N) is 1. The number of hydrogen-bond donors (Lipinski definition) is 1. The number of aromatic amines is 1. The Morgan fingerprint density at radius 1 is 1.42 bits per heavy atom. The third-order valence-electron chi connectivity index (χ3n) is 4.54. The molecule has 128 valence electrons. The van der Waals surface area contributed by atoms with Crippen LogP contribution in [0.5, 0.6) is 0 Å². The Hall–Kier alpha value is -2.21. The molecule has 2 heterocycles. The van der Waals surface area contributed by atoms with Crippen LogP contribution in [-0.2, 0) is 9.53 Å². The molecule has 24 heavy (non-hydrogen) atoms. The van der Waals surface area contributed by atoms with Crippen molar-refractivity contribution in [3.05, 3.63) is 53.9 Å². The van der Waals surface area contributed by atoms with Crippen LogP contribution < -0.4 is 0 Å². The number of likely N-dealkylation sites (N-methyl/N-ethyl adjacent to an activating group) is 1. The van der Waals surface area contributed by atoms with Gasteiger partial charge in [0.1, 0.15) is 23.8 Å². The Kier molecular flexibility index (Phi) is 4.94. The SMILES string of the molecule is CC[C@@H]1CC[C@@H](C(=O)N(C)[C@@H](c2ccc(F)cc2)c2ncc[nH]2)O1. The van der Waals surface area contributed by atoms with E-state index in [0.717, 1.165) is 24.8 Å². The van der Waals surface area contributed by atoms with Crippen LogP contribution in [0, 0.1) is 5.82 Å². The molecule has 0 bridgehead atoms. The third-order valence-corrected chi connectivity index (χ3v) is 4.54. The van der Waals surface area contributed by atoms with Crippen LogP contribution in [0.1, 0.15) is 43.6 Å². The molecule has 1 aromatic heterocycles. The average Bonchev–Trinajstić information content (AvgIpc) is 3.27. The van der Waals surface area contributed by atoms with Crippen molar-refractivity contribution in [1.29, 1.82) is 0 Å². The zero-order chi connectivity index (χ0) is 17.1. The second kappa shape index (κ2) is 7.13. The van der Waals surface area contributed by atoms with Gasteiger partial charge in [0.2, 0.25) is 0 Å². The first-order valence-electron chi connectivity index (χ1n) is 8.27. The standard InChI is InChI=1S/C18H22FN3O2/c1-3-14-8-9-15(24-14)18(23)22(2)16(17-20-10-11-21-17)12-4-6-13(19)7-5-12/h4-7,10-11,14-16H,3,8-9H2,1-2H3,(H,20,21)/t14-,15+,16+/m1/s1. The summed E-state index contributed by atoms with van der Waals surface area (Å²) >= 11 is 0. The van der Waals surface area contributed by atoms with Gasteiger partial charge in [0, 0.05) is 19.4 Å². The number of carbonyl (C=O) groups is 1. The van der Waals surface area contributed by atoms with Crippen molar-refractivity contribution in [2.75, 3.05) is 7.05 Å². The van der Waals surface area contributed by atoms with Gasteiger partial charge in [0.15, 0.2) is 0 Å². The Bertz CT molecular complexity index is 672. The van der Waals surface area contributed by atoms with Gasteiger partial charge in [0.05, 0.1) is 6.10 Å². The van der Waals surface area contributed by atoms with Gasteiger partial charge in [0.25, 0.3) is 5.91 Å². The molecule has 1 aliphatic rings. The van der Waals surface area contributed by atoms with Crippen molar-refractivity contribution < 1.29 is 13.9 Å². The third kappa shape index (κ3) is 3.33. The maximum atomic E-state index is 13.3. The molecule has 0 spiro atoms. The summed E-state index contributed by atoms with van der Waals surface area (Å²) in [5, 5.41) is 0. The predicted octanol–water partition coefficient (Wildman–Crippen LogP) is 3.05. The number of halogens is 1. The van der Waals surface area contributed by atoms with Crippen LogP contribution >= 0.6 is 0 Å². The van der Waals surface area contributed by atoms with Gasteiger partial charge in [-0.2, -0.15) is 0 Å². The van der Waals surface area contributed by atoms with Gasteiger partial charge in [-0.25, -0.2) is 9.37 Å². The first-order valence-corrected chi connectivity index (χ1v) is 8.27. The molecule has 3 rings (SSSR count). The second-order valence-corrected chi connectivity index (χ2v) is 6.11. The highest BCUT2D eigenvalue weighted by atomic mass is 19.1. The smallest absolute Gasteiger partial charge is 0.252 e. The number of hydrogen-bond acceptors (Lipinski definition) is 3. The van der Waals surface area contributed by atoms with E-state index in [4.69, 9.17) is 4.74 Å². The summed E-state index contributed by atoms with van der Waals surface area (Å²) in [6.07, 6.45) is 5.64. The number of nitrogens with zero attached hydrogens (tertiary/aromatic N) is 2. The lowest BCUT2D eigenvalue weighted by Crippen LogP contribution is -2.39. The summed E-state index contributed by atoms with van der Waals surface area (Å²) in [4.78, 5) is 21.9. The molecule has 1 amide bonds. The number of ether oxygens (including phenoxy) is 1. The second-order valence-electron chi connectivity index (χ2n) is 6.11. The van der Waals surface area contributed by atoms with E-state index in [1.165, 1.54) is 12.1 Å². The number of imidazole rings is 1. The molecule has 0 unspecified atom stereocenters. The normalized spacial score (nSPS) is 21.6. The lowest BCUT2D eigenvalue weighted by atomic mass is 10.0. The largest absolute Gasteiger partial charge is 0.365 e. The minimum Gasteiger partial charge on any atom is -0.365 e. The van der Waals surface area contributed by atoms with Gasteiger partial charge in [-0.15, -0.1) is 0 Å². The van der Waals surface area contributed by atoms with Gasteiger partial charge in [-0.3, -0.25) is 4.79 Å². The molecule has 0 saturated carbocycles. The molecule has 1 saturated heterocycles. The van der Waals surface area contributed by atoms with E-state index in [1.807, 2.05) is 0 Å². The molecule has 6 heteroatoms. The molecule has 1 fully saturated rings. The highest BCUT2D eigenvalue weighted by molar-refractivity contribution is 5.81. The highest BCUT2D eigenvalue weighted by Crippen LogP contribution is 2.29. The van der Waals surface area contributed by atoms with Crippen LogP contribution in [-0.4, -0.2) is 40.0 Å². The van der Waals surface area contributed by atoms with E-state index >= 15 is 0 Å². The zero-order valence-corrected chi connectivity index (χ0v) is 13.9. The van der Waals surface area contributed by atoms with E-state index in [2.05, 4.69) is 16.9 Å². The van der Waals surface area contributed by atoms with E-state index in [-0.39, 0.29) is 17.8 Å². The molecule has 3 atom stereocenters. The van der Waals surface area contributed by atoms with Crippen LogP contribution in [0.15, 0.2) is 36.7 Å². The number of amides is 1. The fraction of sp³-hybridized carbons (Fsp3) is 0.444. The summed E-state index contributed by atoms with van der Waals surface area (Å²) in [5.41, 5.74) is 0.798. The maximum Gasteiger partial charge on any atom is 0.252 e. The van der Waals surface area contributed by atoms with Crippen LogP contribution in [0.3, 0.4) is 0 Å².